The van der Waals surface area contributed by atoms with E-state index in [0.717, 1.165) is 5.69 Å². The Bertz CT molecular complexity index is 444. The van der Waals surface area contributed by atoms with E-state index >= 15 is 0 Å². The standard InChI is InChI=1S/C13H17NO3/c1-3-14-11-7-5-4-6-10(11)13(17,12(14)16)8-9(2)15/h4-7,9,15,17H,3,8H2,1-2H3. The van der Waals surface area contributed by atoms with Gasteiger partial charge >= 0.3 is 0 Å². The summed E-state index contributed by atoms with van der Waals surface area (Å²) >= 11 is 0. The summed E-state index contributed by atoms with van der Waals surface area (Å²) in [5, 5.41) is 20.0. The van der Waals surface area contributed by atoms with E-state index < -0.39 is 11.7 Å². The molecule has 4 heteroatoms. The first kappa shape index (κ1) is 12.1. The third kappa shape index (κ3) is 1.73. The average Bonchev–Trinajstić information content (AvgIpc) is 2.48. The molecule has 0 fully saturated rings. The Labute approximate surface area is 100 Å². The van der Waals surface area contributed by atoms with E-state index in [4.69, 9.17) is 0 Å². The molecule has 0 radical (unpaired) electrons. The molecule has 1 heterocycles. The van der Waals surface area contributed by atoms with Gasteiger partial charge in [-0.1, -0.05) is 18.2 Å². The van der Waals surface area contributed by atoms with Crippen LogP contribution in [0.1, 0.15) is 25.8 Å². The molecule has 4 nitrogen and oxygen atoms in total. The van der Waals surface area contributed by atoms with Crippen LogP contribution in [0.5, 0.6) is 0 Å². The molecule has 17 heavy (non-hydrogen) atoms. The Kier molecular flexibility index (Phi) is 2.93. The number of aliphatic hydroxyl groups excluding tert-OH is 1. The summed E-state index contributed by atoms with van der Waals surface area (Å²) in [4.78, 5) is 13.8. The van der Waals surface area contributed by atoms with E-state index in [1.54, 1.807) is 24.0 Å². The Hall–Kier alpha value is -1.39. The number of rotatable bonds is 3. The van der Waals surface area contributed by atoms with Gasteiger partial charge in [-0.05, 0) is 19.9 Å². The van der Waals surface area contributed by atoms with E-state index in [0.29, 0.717) is 12.1 Å². The molecule has 1 aromatic rings. The van der Waals surface area contributed by atoms with Crippen molar-refractivity contribution in [3.8, 4) is 0 Å². The molecule has 92 valence electrons. The van der Waals surface area contributed by atoms with Crippen molar-refractivity contribution >= 4 is 11.6 Å². The fourth-order valence-electron chi connectivity index (χ4n) is 2.45. The van der Waals surface area contributed by atoms with Crippen LogP contribution in [0.25, 0.3) is 0 Å². The largest absolute Gasteiger partial charge is 0.393 e. The summed E-state index contributed by atoms with van der Waals surface area (Å²) in [6.45, 7) is 3.95. The smallest absolute Gasteiger partial charge is 0.263 e. The number of carbonyl (C=O) groups excluding carboxylic acids is 1. The molecule has 0 aliphatic carbocycles. The van der Waals surface area contributed by atoms with Crippen LogP contribution in [0.4, 0.5) is 5.69 Å². The summed E-state index contributed by atoms with van der Waals surface area (Å²) in [5.41, 5.74) is -0.253. The lowest BCUT2D eigenvalue weighted by Gasteiger charge is -2.23. The molecule has 2 rings (SSSR count). The first-order valence-electron chi connectivity index (χ1n) is 5.82. The minimum atomic E-state index is -1.58. The number of benzene rings is 1. The van der Waals surface area contributed by atoms with Gasteiger partial charge in [0, 0.05) is 18.5 Å². The summed E-state index contributed by atoms with van der Waals surface area (Å²) in [5.74, 6) is -0.345. The van der Waals surface area contributed by atoms with Crippen molar-refractivity contribution in [2.45, 2.75) is 32.0 Å². The normalized spacial score (nSPS) is 24.9. The summed E-state index contributed by atoms with van der Waals surface area (Å²) in [6, 6.07) is 7.18. The van der Waals surface area contributed by atoms with Crippen LogP contribution in [-0.4, -0.2) is 28.8 Å². The minimum Gasteiger partial charge on any atom is -0.393 e. The highest BCUT2D eigenvalue weighted by Crippen LogP contribution is 2.42. The molecular formula is C13H17NO3. The molecule has 1 aliphatic heterocycles. The second kappa shape index (κ2) is 4.13. The highest BCUT2D eigenvalue weighted by Gasteiger charge is 2.49. The number of hydrogen-bond acceptors (Lipinski definition) is 3. The van der Waals surface area contributed by atoms with Crippen LogP contribution in [0, 0.1) is 0 Å². The number of para-hydroxylation sites is 1. The van der Waals surface area contributed by atoms with Crippen LogP contribution in [0.15, 0.2) is 24.3 Å². The topological polar surface area (TPSA) is 60.8 Å². The van der Waals surface area contributed by atoms with Gasteiger partial charge in [-0.3, -0.25) is 4.79 Å². The van der Waals surface area contributed by atoms with Crippen molar-refractivity contribution in [3.05, 3.63) is 29.8 Å². The molecule has 2 N–H and O–H groups in total. The summed E-state index contributed by atoms with van der Waals surface area (Å²) < 4.78 is 0. The maximum absolute atomic E-state index is 12.2. The van der Waals surface area contributed by atoms with Crippen molar-refractivity contribution in [3.63, 3.8) is 0 Å². The van der Waals surface area contributed by atoms with E-state index in [9.17, 15) is 15.0 Å². The van der Waals surface area contributed by atoms with Crippen molar-refractivity contribution in [2.24, 2.45) is 0 Å². The maximum Gasteiger partial charge on any atom is 0.263 e. The van der Waals surface area contributed by atoms with Crippen LogP contribution in [-0.2, 0) is 10.4 Å². The third-order valence-corrected chi connectivity index (χ3v) is 3.15. The number of aliphatic hydroxyl groups is 2. The number of hydrogen-bond donors (Lipinski definition) is 2. The quantitative estimate of drug-likeness (QED) is 0.822. The molecule has 0 spiro atoms. The van der Waals surface area contributed by atoms with Crippen molar-refractivity contribution in [1.29, 1.82) is 0 Å². The molecule has 2 atom stereocenters. The number of amides is 1. The third-order valence-electron chi connectivity index (χ3n) is 3.15. The molecular weight excluding hydrogens is 218 g/mol. The fourth-order valence-corrected chi connectivity index (χ4v) is 2.45. The molecule has 0 saturated carbocycles. The number of nitrogens with zero attached hydrogens (tertiary/aromatic N) is 1. The van der Waals surface area contributed by atoms with Crippen molar-refractivity contribution in [2.75, 3.05) is 11.4 Å². The van der Waals surface area contributed by atoms with Gasteiger partial charge in [0.15, 0.2) is 5.60 Å². The summed E-state index contributed by atoms with van der Waals surface area (Å²) in [7, 11) is 0. The fraction of sp³-hybridized carbons (Fsp3) is 0.462. The predicted octanol–water partition coefficient (Wildman–Crippen LogP) is 1.01. The number of anilines is 1. The van der Waals surface area contributed by atoms with E-state index in [-0.39, 0.29) is 12.3 Å². The first-order chi connectivity index (χ1) is 8.00. The van der Waals surface area contributed by atoms with Gasteiger partial charge in [0.2, 0.25) is 0 Å². The van der Waals surface area contributed by atoms with Crippen LogP contribution in [0.2, 0.25) is 0 Å². The molecule has 2 unspecified atom stereocenters. The highest BCUT2D eigenvalue weighted by atomic mass is 16.3. The summed E-state index contributed by atoms with van der Waals surface area (Å²) in [6.07, 6.45) is -0.701. The Morgan fingerprint density at radius 1 is 1.41 bits per heavy atom. The lowest BCUT2D eigenvalue weighted by atomic mass is 9.90. The molecule has 0 saturated heterocycles. The molecule has 1 amide bonds. The van der Waals surface area contributed by atoms with E-state index in [2.05, 4.69) is 0 Å². The van der Waals surface area contributed by atoms with Gasteiger partial charge in [0.05, 0.1) is 11.8 Å². The zero-order valence-corrected chi connectivity index (χ0v) is 10.1. The predicted molar refractivity (Wildman–Crippen MR) is 64.7 cm³/mol. The van der Waals surface area contributed by atoms with Gasteiger partial charge in [-0.25, -0.2) is 0 Å². The average molecular weight is 235 g/mol. The van der Waals surface area contributed by atoms with Gasteiger partial charge in [0.1, 0.15) is 0 Å². The monoisotopic (exact) mass is 235 g/mol. The number of carbonyl (C=O) groups is 1. The zero-order chi connectivity index (χ0) is 12.6. The minimum absolute atomic E-state index is 0.0271. The van der Waals surface area contributed by atoms with Gasteiger partial charge in [-0.15, -0.1) is 0 Å². The first-order valence-corrected chi connectivity index (χ1v) is 5.82. The second-order valence-electron chi connectivity index (χ2n) is 4.48. The van der Waals surface area contributed by atoms with Crippen LogP contribution >= 0.6 is 0 Å². The van der Waals surface area contributed by atoms with E-state index in [1.807, 2.05) is 19.1 Å². The Morgan fingerprint density at radius 2 is 2.06 bits per heavy atom. The lowest BCUT2D eigenvalue weighted by molar-refractivity contribution is -0.139. The molecule has 0 aromatic heterocycles. The van der Waals surface area contributed by atoms with Crippen molar-refractivity contribution < 1.29 is 15.0 Å². The van der Waals surface area contributed by atoms with Crippen molar-refractivity contribution in [1.82, 2.24) is 0 Å². The Balaban J connectivity index is 2.52. The zero-order valence-electron chi connectivity index (χ0n) is 10.1. The maximum atomic E-state index is 12.2. The van der Waals surface area contributed by atoms with Gasteiger partial charge in [0.25, 0.3) is 5.91 Å². The van der Waals surface area contributed by atoms with Crippen LogP contribution in [0.3, 0.4) is 0 Å². The molecule has 1 aromatic carbocycles. The van der Waals surface area contributed by atoms with Gasteiger partial charge < -0.3 is 15.1 Å². The van der Waals surface area contributed by atoms with Crippen LogP contribution < -0.4 is 4.90 Å². The molecule has 1 aliphatic rings. The number of fused-ring (bicyclic) bond motifs is 1. The second-order valence-corrected chi connectivity index (χ2v) is 4.48. The van der Waals surface area contributed by atoms with Gasteiger partial charge in [-0.2, -0.15) is 0 Å². The highest BCUT2D eigenvalue weighted by molar-refractivity contribution is 6.06. The number of likely N-dealkylation sites (N-methyl/N-ethyl adjacent to an activating group) is 1. The Morgan fingerprint density at radius 3 is 2.65 bits per heavy atom. The lowest BCUT2D eigenvalue weighted by Crippen LogP contribution is -2.42. The SMILES string of the molecule is CCN1C(=O)C(O)(CC(C)O)c2ccccc21. The van der Waals surface area contributed by atoms with E-state index in [1.165, 1.54) is 0 Å². The molecule has 0 bridgehead atoms.